The van der Waals surface area contributed by atoms with E-state index in [1.807, 2.05) is 23.1 Å². The molecule has 1 heterocycles. The van der Waals surface area contributed by atoms with Crippen LogP contribution in [0.4, 0.5) is 14.9 Å². The first-order valence-electron chi connectivity index (χ1n) is 12.8. The number of fused-ring (bicyclic) bond motifs is 1. The maximum Gasteiger partial charge on any atom is 0.322 e. The number of hydrogen-bond acceptors (Lipinski definition) is 3. The molecule has 2 amide bonds. The van der Waals surface area contributed by atoms with Crippen LogP contribution in [0.1, 0.15) is 56.1 Å². The van der Waals surface area contributed by atoms with Gasteiger partial charge in [0.1, 0.15) is 5.82 Å². The summed E-state index contributed by atoms with van der Waals surface area (Å²) in [5.74, 6) is -0.0980. The number of urea groups is 1. The van der Waals surface area contributed by atoms with Gasteiger partial charge >= 0.3 is 6.03 Å². The van der Waals surface area contributed by atoms with Crippen LogP contribution in [0, 0.1) is 23.1 Å². The maximum atomic E-state index is 13.6. The number of nitrogens with zero attached hydrogens (tertiary/aromatic N) is 3. The third-order valence-corrected chi connectivity index (χ3v) is 8.49. The second-order valence-electron chi connectivity index (χ2n) is 10.3. The number of nitrogens with one attached hydrogen (secondary N) is 1. The van der Waals surface area contributed by atoms with Crippen molar-refractivity contribution in [1.82, 2.24) is 9.80 Å². The van der Waals surface area contributed by atoms with E-state index < -0.39 is 5.82 Å². The lowest BCUT2D eigenvalue weighted by Gasteiger charge is -2.31. The molecular weight excluding hydrogens is 463 g/mol. The van der Waals surface area contributed by atoms with Gasteiger partial charge in [0.05, 0.1) is 16.7 Å². The van der Waals surface area contributed by atoms with Crippen LogP contribution < -0.4 is 5.32 Å². The first kappa shape index (κ1) is 24.1. The Balaban J connectivity index is 1.29. The summed E-state index contributed by atoms with van der Waals surface area (Å²) in [6.07, 6.45) is 7.61. The molecule has 1 saturated heterocycles. The highest BCUT2D eigenvalue weighted by Gasteiger charge is 2.64. The molecule has 0 bridgehead atoms. The number of nitriles is 1. The van der Waals surface area contributed by atoms with Crippen molar-refractivity contribution in [2.24, 2.45) is 5.92 Å². The van der Waals surface area contributed by atoms with E-state index in [0.29, 0.717) is 23.7 Å². The molecule has 0 radical (unpaired) electrons. The summed E-state index contributed by atoms with van der Waals surface area (Å²) in [4.78, 5) is 18.0. The molecule has 0 aromatic heterocycles. The van der Waals surface area contributed by atoms with Crippen molar-refractivity contribution in [3.05, 3.63) is 64.4 Å². The van der Waals surface area contributed by atoms with Crippen molar-refractivity contribution >= 4 is 23.3 Å². The van der Waals surface area contributed by atoms with Crippen LogP contribution >= 0.6 is 11.6 Å². The minimum absolute atomic E-state index is 0.000543. The largest absolute Gasteiger partial charge is 0.322 e. The maximum absolute atomic E-state index is 13.6. The highest BCUT2D eigenvalue weighted by atomic mass is 35.5. The van der Waals surface area contributed by atoms with Crippen LogP contribution in [-0.4, -0.2) is 48.1 Å². The van der Waals surface area contributed by atoms with Crippen LogP contribution in [0.2, 0.25) is 5.02 Å². The van der Waals surface area contributed by atoms with E-state index in [4.69, 9.17) is 11.6 Å². The third-order valence-electron chi connectivity index (χ3n) is 8.21. The Morgan fingerprint density at radius 1 is 1.23 bits per heavy atom. The van der Waals surface area contributed by atoms with Crippen molar-refractivity contribution in [2.75, 3.05) is 31.5 Å². The van der Waals surface area contributed by atoms with Crippen LogP contribution in [0.3, 0.4) is 0 Å². The molecule has 3 aliphatic rings. The van der Waals surface area contributed by atoms with Gasteiger partial charge in [0.25, 0.3) is 0 Å². The lowest BCUT2D eigenvalue weighted by Crippen LogP contribution is -2.44. The summed E-state index contributed by atoms with van der Waals surface area (Å²) in [5.41, 5.74) is 2.50. The number of halogens is 2. The molecule has 7 heteroatoms. The van der Waals surface area contributed by atoms with Gasteiger partial charge in [-0.15, -0.1) is 0 Å². The molecule has 0 unspecified atom stereocenters. The Kier molecular flexibility index (Phi) is 7.00. The van der Waals surface area contributed by atoms with Gasteiger partial charge < -0.3 is 15.1 Å². The van der Waals surface area contributed by atoms with Crippen molar-refractivity contribution < 1.29 is 9.18 Å². The fourth-order valence-corrected chi connectivity index (χ4v) is 6.47. The Labute approximate surface area is 211 Å². The monoisotopic (exact) mass is 494 g/mol. The fraction of sp³-hybridized carbons (Fsp3) is 0.500. The molecule has 2 aromatic carbocycles. The first-order valence-corrected chi connectivity index (χ1v) is 13.1. The first-order chi connectivity index (χ1) is 17.0. The number of hydrogen-bond donors (Lipinski definition) is 1. The minimum atomic E-state index is -0.499. The second kappa shape index (κ2) is 10.2. The number of rotatable bonds is 8. The average Bonchev–Trinajstić information content (AvgIpc) is 3.18. The molecule has 2 saturated carbocycles. The lowest BCUT2D eigenvalue weighted by atomic mass is 9.92. The van der Waals surface area contributed by atoms with Gasteiger partial charge in [0, 0.05) is 23.7 Å². The SMILES string of the molecule is N#Cc1cccc([C@]23CC[C@@H](N(CCCCN4CCCC4)C(=O)Nc4ccc(F)c(Cl)c4)[C@H]2C3)c1. The number of carbonyl (C=O) groups excluding carboxylic acids is 1. The molecule has 35 heavy (non-hydrogen) atoms. The predicted molar refractivity (Wildman–Crippen MR) is 136 cm³/mol. The minimum Gasteiger partial charge on any atom is -0.321 e. The smallest absolute Gasteiger partial charge is 0.321 e. The number of carbonyl (C=O) groups is 1. The van der Waals surface area contributed by atoms with Gasteiger partial charge in [-0.25, -0.2) is 9.18 Å². The van der Waals surface area contributed by atoms with Gasteiger partial charge in [-0.1, -0.05) is 23.7 Å². The number of unbranched alkanes of at least 4 members (excludes halogenated alkanes) is 1. The lowest BCUT2D eigenvalue weighted by molar-refractivity contribution is 0.177. The highest BCUT2D eigenvalue weighted by Crippen LogP contribution is 2.65. The van der Waals surface area contributed by atoms with Crippen molar-refractivity contribution in [3.63, 3.8) is 0 Å². The molecular formula is C28H32ClFN4O. The van der Waals surface area contributed by atoms with E-state index in [1.165, 1.54) is 43.6 Å². The van der Waals surface area contributed by atoms with E-state index in [9.17, 15) is 14.4 Å². The summed E-state index contributed by atoms with van der Waals surface area (Å²) < 4.78 is 13.6. The third kappa shape index (κ3) is 5.03. The van der Waals surface area contributed by atoms with Gasteiger partial charge in [0.15, 0.2) is 0 Å². The van der Waals surface area contributed by atoms with Crippen molar-refractivity contribution in [3.8, 4) is 6.07 Å². The molecule has 0 spiro atoms. The molecule has 5 rings (SSSR count). The number of benzene rings is 2. The quantitative estimate of drug-likeness (QED) is 0.446. The molecule has 3 fully saturated rings. The Bertz CT molecular complexity index is 1130. The molecule has 3 atom stereocenters. The van der Waals surface area contributed by atoms with E-state index >= 15 is 0 Å². The molecule has 2 aromatic rings. The van der Waals surface area contributed by atoms with Crippen molar-refractivity contribution in [1.29, 1.82) is 5.26 Å². The van der Waals surface area contributed by atoms with Gasteiger partial charge in [-0.05, 0) is 106 Å². The van der Waals surface area contributed by atoms with Crippen molar-refractivity contribution in [2.45, 2.75) is 56.4 Å². The highest BCUT2D eigenvalue weighted by molar-refractivity contribution is 6.31. The number of anilines is 1. The summed E-state index contributed by atoms with van der Waals surface area (Å²) in [7, 11) is 0. The number of amides is 2. The van der Waals surface area contributed by atoms with Gasteiger partial charge in [0.2, 0.25) is 0 Å². The van der Waals surface area contributed by atoms with Gasteiger partial charge in [-0.2, -0.15) is 5.26 Å². The Morgan fingerprint density at radius 3 is 2.80 bits per heavy atom. The van der Waals surface area contributed by atoms with E-state index in [0.717, 1.165) is 38.6 Å². The zero-order chi connectivity index (χ0) is 24.4. The Hall–Kier alpha value is -2.62. The van der Waals surface area contributed by atoms with Gasteiger partial charge in [-0.3, -0.25) is 0 Å². The summed E-state index contributed by atoms with van der Waals surface area (Å²) >= 11 is 5.94. The topological polar surface area (TPSA) is 59.4 Å². The molecule has 184 valence electrons. The average molecular weight is 495 g/mol. The van der Waals surface area contributed by atoms with E-state index in [-0.39, 0.29) is 22.5 Å². The van der Waals surface area contributed by atoms with Crippen LogP contribution in [0.5, 0.6) is 0 Å². The summed E-state index contributed by atoms with van der Waals surface area (Å²) in [5, 5.41) is 12.3. The summed E-state index contributed by atoms with van der Waals surface area (Å²) in [6.45, 7) is 4.15. The molecule has 1 aliphatic heterocycles. The molecule has 2 aliphatic carbocycles. The van der Waals surface area contributed by atoms with Crippen LogP contribution in [-0.2, 0) is 5.41 Å². The Morgan fingerprint density at radius 2 is 2.06 bits per heavy atom. The molecule has 5 nitrogen and oxygen atoms in total. The standard InChI is InChI=1S/C28H32ClFN4O/c29-24-17-22(8-9-25(24)30)32-27(35)34(15-4-3-14-33-12-1-2-13-33)26-10-11-28(18-23(26)28)21-7-5-6-20(16-21)19-31/h5-9,16-17,23,26H,1-4,10-15,18H2,(H,32,35)/t23-,26-,28-/m1/s1. The predicted octanol–water partition coefficient (Wildman–Crippen LogP) is 6.18. The van der Waals surface area contributed by atoms with Crippen LogP contribution in [0.15, 0.2) is 42.5 Å². The van der Waals surface area contributed by atoms with E-state index in [1.54, 1.807) is 6.07 Å². The number of likely N-dealkylation sites (tertiary alicyclic amines) is 1. The fourth-order valence-electron chi connectivity index (χ4n) is 6.29. The molecule has 1 N–H and O–H groups in total. The normalized spacial score (nSPS) is 25.2. The summed E-state index contributed by atoms with van der Waals surface area (Å²) in [6, 6.07) is 14.5. The van der Waals surface area contributed by atoms with Crippen LogP contribution in [0.25, 0.3) is 0 Å². The van der Waals surface area contributed by atoms with E-state index in [2.05, 4.69) is 22.4 Å². The zero-order valence-electron chi connectivity index (χ0n) is 20.0. The zero-order valence-corrected chi connectivity index (χ0v) is 20.7. The second-order valence-corrected chi connectivity index (χ2v) is 10.7.